The predicted molar refractivity (Wildman–Crippen MR) is 139 cm³/mol. The summed E-state index contributed by atoms with van der Waals surface area (Å²) in [5.74, 6) is 0.302. The van der Waals surface area contributed by atoms with E-state index < -0.39 is 0 Å². The summed E-state index contributed by atoms with van der Waals surface area (Å²) in [4.78, 5) is 30.7. The maximum atomic E-state index is 12.0. The second kappa shape index (κ2) is 19.0. The number of hydrogen-bond donors (Lipinski definition) is 1. The van der Waals surface area contributed by atoms with E-state index in [-0.39, 0.29) is 19.5 Å². The number of nitrogens with zero attached hydrogens (tertiary/aromatic N) is 2. The van der Waals surface area contributed by atoms with Crippen LogP contribution in [0, 0.1) is 0 Å². The van der Waals surface area contributed by atoms with E-state index in [2.05, 4.69) is 23.7 Å². The van der Waals surface area contributed by atoms with Gasteiger partial charge in [-0.25, -0.2) is 4.79 Å². The highest BCUT2D eigenvalue weighted by atomic mass is 16.6. The molecule has 2 aromatic rings. The Kier molecular flexibility index (Phi) is 18.8. The predicted octanol–water partition coefficient (Wildman–Crippen LogP) is 6.12. The van der Waals surface area contributed by atoms with Crippen LogP contribution < -0.4 is 4.74 Å². The Morgan fingerprint density at radius 3 is 2.21 bits per heavy atom. The van der Waals surface area contributed by atoms with Gasteiger partial charge in [0, 0.05) is 49.7 Å². The molecule has 1 aromatic carbocycles. The van der Waals surface area contributed by atoms with Crippen molar-refractivity contribution in [1.82, 2.24) is 14.8 Å². The van der Waals surface area contributed by atoms with Crippen molar-refractivity contribution in [2.75, 3.05) is 39.8 Å². The quantitative estimate of drug-likeness (QED) is 0.428. The molecule has 0 fully saturated rings. The van der Waals surface area contributed by atoms with Crippen molar-refractivity contribution < 1.29 is 19.1 Å². The minimum absolute atomic E-state index is 0. The smallest absolute Gasteiger partial charge is 0.414 e. The number of benzene rings is 1. The number of amides is 1. The summed E-state index contributed by atoms with van der Waals surface area (Å²) in [6.07, 6.45) is 2.43. The molecular formula is C26H47N3O4. The van der Waals surface area contributed by atoms with E-state index in [1.807, 2.05) is 46.9 Å². The molecule has 0 atom stereocenters. The van der Waals surface area contributed by atoms with Gasteiger partial charge in [-0.3, -0.25) is 4.79 Å². The van der Waals surface area contributed by atoms with Crippen molar-refractivity contribution in [3.63, 3.8) is 0 Å². The molecule has 0 saturated heterocycles. The Bertz CT molecular complexity index is 785. The number of hydrogen-bond acceptors (Lipinski definition) is 5. The largest absolute Gasteiger partial charge is 0.464 e. The van der Waals surface area contributed by atoms with Gasteiger partial charge >= 0.3 is 12.1 Å². The van der Waals surface area contributed by atoms with Crippen LogP contribution in [0.2, 0.25) is 0 Å². The average Bonchev–Trinajstić information content (AvgIpc) is 3.24. The highest BCUT2D eigenvalue weighted by Gasteiger charge is 2.12. The minimum atomic E-state index is -0.388. The molecule has 0 bridgehead atoms. The first-order chi connectivity index (χ1) is 15.5. The molecule has 7 nitrogen and oxygen atoms in total. The average molecular weight is 466 g/mol. The van der Waals surface area contributed by atoms with Gasteiger partial charge in [0.05, 0.1) is 0 Å². The second-order valence-electron chi connectivity index (χ2n) is 6.65. The molecule has 2 rings (SSSR count). The molecule has 7 heteroatoms. The zero-order valence-corrected chi connectivity index (χ0v) is 21.3. The SMILES string of the molecule is C.CC.CC.CCN(CC)CCOC(=O)CCc1c[nH]c2cc(OC(=O)N(C)CC)ccc12. The van der Waals surface area contributed by atoms with Crippen molar-refractivity contribution in [3.8, 4) is 5.75 Å². The molecule has 190 valence electrons. The lowest BCUT2D eigenvalue weighted by atomic mass is 10.1. The van der Waals surface area contributed by atoms with Gasteiger partial charge < -0.3 is 24.3 Å². The normalized spacial score (nSPS) is 9.73. The fourth-order valence-corrected chi connectivity index (χ4v) is 2.88. The fraction of sp³-hybridized carbons (Fsp3) is 0.615. The first-order valence-electron chi connectivity index (χ1n) is 11.9. The Hall–Kier alpha value is -2.54. The lowest BCUT2D eigenvalue weighted by Gasteiger charge is -2.17. The molecule has 0 aliphatic rings. The van der Waals surface area contributed by atoms with Crippen LogP contribution in [-0.4, -0.2) is 66.7 Å². The lowest BCUT2D eigenvalue weighted by molar-refractivity contribution is -0.144. The Labute approximate surface area is 201 Å². The van der Waals surface area contributed by atoms with Gasteiger partial charge in [0.2, 0.25) is 0 Å². The summed E-state index contributed by atoms with van der Waals surface area (Å²) in [5, 5.41) is 1.01. The molecule has 33 heavy (non-hydrogen) atoms. The molecule has 0 saturated carbocycles. The van der Waals surface area contributed by atoms with E-state index in [4.69, 9.17) is 9.47 Å². The van der Waals surface area contributed by atoms with E-state index in [9.17, 15) is 9.59 Å². The highest BCUT2D eigenvalue weighted by Crippen LogP contribution is 2.24. The first-order valence-corrected chi connectivity index (χ1v) is 11.9. The van der Waals surface area contributed by atoms with Crippen LogP contribution >= 0.6 is 0 Å². The van der Waals surface area contributed by atoms with Gasteiger partial charge in [-0.15, -0.1) is 0 Å². The Balaban J connectivity index is 0. The maximum absolute atomic E-state index is 12.0. The number of likely N-dealkylation sites (N-methyl/N-ethyl adjacent to an activating group) is 1. The third-order valence-electron chi connectivity index (χ3n) is 4.89. The molecule has 1 heterocycles. The number of fused-ring (bicyclic) bond motifs is 1. The third-order valence-corrected chi connectivity index (χ3v) is 4.89. The summed E-state index contributed by atoms with van der Waals surface area (Å²) in [7, 11) is 1.69. The highest BCUT2D eigenvalue weighted by molar-refractivity contribution is 5.85. The van der Waals surface area contributed by atoms with E-state index in [0.29, 0.717) is 31.7 Å². The van der Waals surface area contributed by atoms with Gasteiger partial charge in [-0.2, -0.15) is 0 Å². The van der Waals surface area contributed by atoms with Crippen molar-refractivity contribution in [2.24, 2.45) is 0 Å². The molecule has 0 unspecified atom stereocenters. The number of esters is 1. The number of aryl methyl sites for hydroxylation is 1. The van der Waals surface area contributed by atoms with Crippen molar-refractivity contribution >= 4 is 23.0 Å². The first kappa shape index (κ1) is 32.6. The van der Waals surface area contributed by atoms with Gasteiger partial charge in [0.25, 0.3) is 0 Å². The number of carbonyl (C=O) groups is 2. The minimum Gasteiger partial charge on any atom is -0.464 e. The summed E-state index contributed by atoms with van der Waals surface area (Å²) in [5.41, 5.74) is 1.91. The fourth-order valence-electron chi connectivity index (χ4n) is 2.88. The van der Waals surface area contributed by atoms with Crippen LogP contribution in [0.5, 0.6) is 5.75 Å². The molecule has 1 amide bonds. The topological polar surface area (TPSA) is 74.9 Å². The number of aromatic nitrogens is 1. The number of ether oxygens (including phenoxy) is 2. The van der Waals surface area contributed by atoms with Crippen LogP contribution in [-0.2, 0) is 16.0 Å². The molecule has 0 spiro atoms. The lowest BCUT2D eigenvalue weighted by Crippen LogP contribution is -2.29. The number of aromatic amines is 1. The summed E-state index contributed by atoms with van der Waals surface area (Å²) in [6, 6.07) is 5.47. The van der Waals surface area contributed by atoms with Gasteiger partial charge in [0.1, 0.15) is 12.4 Å². The zero-order chi connectivity index (χ0) is 24.5. The van der Waals surface area contributed by atoms with Crippen molar-refractivity contribution in [2.45, 2.75) is 68.7 Å². The van der Waals surface area contributed by atoms with Crippen molar-refractivity contribution in [1.29, 1.82) is 0 Å². The van der Waals surface area contributed by atoms with E-state index >= 15 is 0 Å². The van der Waals surface area contributed by atoms with Crippen LogP contribution in [0.1, 0.15) is 67.9 Å². The van der Waals surface area contributed by atoms with Crippen LogP contribution in [0.25, 0.3) is 10.9 Å². The Morgan fingerprint density at radius 1 is 1.00 bits per heavy atom. The zero-order valence-electron chi connectivity index (χ0n) is 21.3. The molecule has 0 aliphatic carbocycles. The summed E-state index contributed by atoms with van der Waals surface area (Å²) < 4.78 is 10.7. The second-order valence-corrected chi connectivity index (χ2v) is 6.65. The monoisotopic (exact) mass is 465 g/mol. The van der Waals surface area contributed by atoms with Crippen LogP contribution in [0.15, 0.2) is 24.4 Å². The van der Waals surface area contributed by atoms with Gasteiger partial charge in [-0.1, -0.05) is 49.0 Å². The van der Waals surface area contributed by atoms with Gasteiger partial charge in [-0.05, 0) is 44.1 Å². The molecular weight excluding hydrogens is 418 g/mol. The van der Waals surface area contributed by atoms with E-state index in [1.165, 1.54) is 4.90 Å². The number of nitrogens with one attached hydrogen (secondary N) is 1. The van der Waals surface area contributed by atoms with Crippen molar-refractivity contribution in [3.05, 3.63) is 30.0 Å². The summed E-state index contributed by atoms with van der Waals surface area (Å²) in [6.45, 7) is 17.8. The molecule has 0 aliphatic heterocycles. The number of rotatable bonds is 10. The number of carbonyl (C=O) groups excluding carboxylic acids is 2. The van der Waals surface area contributed by atoms with Crippen LogP contribution in [0.3, 0.4) is 0 Å². The molecule has 0 radical (unpaired) electrons. The van der Waals surface area contributed by atoms with E-state index in [1.54, 1.807) is 19.2 Å². The van der Waals surface area contributed by atoms with Gasteiger partial charge in [0.15, 0.2) is 0 Å². The van der Waals surface area contributed by atoms with E-state index in [0.717, 1.165) is 36.1 Å². The van der Waals surface area contributed by atoms with Crippen LogP contribution in [0.4, 0.5) is 4.79 Å². The standard InChI is InChI=1S/C21H31N3O4.2C2H6.CH4/c1-5-23(4)21(26)28-17-9-10-18-16(15-22-19(18)14-17)8-11-20(25)27-13-12-24(6-2)7-3;2*1-2;/h9-10,14-15,22H,5-8,11-13H2,1-4H3;2*1-2H3;1H4. The Morgan fingerprint density at radius 2 is 1.64 bits per heavy atom. The summed E-state index contributed by atoms with van der Waals surface area (Å²) >= 11 is 0. The third kappa shape index (κ3) is 11.2. The maximum Gasteiger partial charge on any atom is 0.414 e. The molecule has 1 aromatic heterocycles. The molecule has 1 N–H and O–H groups in total. The number of H-pyrrole nitrogens is 1.